The summed E-state index contributed by atoms with van der Waals surface area (Å²) in [5.74, 6) is 0.546. The van der Waals surface area contributed by atoms with Crippen molar-refractivity contribution in [3.05, 3.63) is 42.2 Å². The highest BCUT2D eigenvalue weighted by atomic mass is 16.6. The predicted octanol–water partition coefficient (Wildman–Crippen LogP) is -0.368. The van der Waals surface area contributed by atoms with Crippen molar-refractivity contribution in [2.24, 2.45) is 0 Å². The molecule has 27 heavy (non-hydrogen) atoms. The lowest BCUT2D eigenvalue weighted by Gasteiger charge is -2.19. The first kappa shape index (κ1) is 17.6. The van der Waals surface area contributed by atoms with Crippen LogP contribution < -0.4 is 11.1 Å². The number of ether oxygens (including phenoxy) is 1. The molecule has 2 aromatic heterocycles. The number of nitrogens with zero attached hydrogens (tertiary/aromatic N) is 4. The van der Waals surface area contributed by atoms with Gasteiger partial charge in [0.05, 0.1) is 6.61 Å². The highest BCUT2D eigenvalue weighted by Crippen LogP contribution is 2.35. The second kappa shape index (κ2) is 7.08. The Balaban J connectivity index is 1.74. The van der Waals surface area contributed by atoms with Crippen molar-refractivity contribution in [1.82, 2.24) is 19.5 Å². The first-order chi connectivity index (χ1) is 13.1. The van der Waals surface area contributed by atoms with Crippen LogP contribution in [-0.2, 0) is 11.3 Å². The van der Waals surface area contributed by atoms with E-state index in [0.29, 0.717) is 23.7 Å². The fourth-order valence-electron chi connectivity index (χ4n) is 3.16. The molecule has 6 N–H and O–H groups in total. The van der Waals surface area contributed by atoms with E-state index in [9.17, 15) is 15.3 Å². The highest BCUT2D eigenvalue weighted by molar-refractivity contribution is 5.84. The number of fused-ring (bicyclic) bond motifs is 1. The van der Waals surface area contributed by atoms with Crippen LogP contribution in [0.1, 0.15) is 11.8 Å². The molecule has 3 aromatic rings. The van der Waals surface area contributed by atoms with Gasteiger partial charge in [-0.2, -0.15) is 0 Å². The molecule has 4 atom stereocenters. The molecule has 10 nitrogen and oxygen atoms in total. The minimum Gasteiger partial charge on any atom is -0.394 e. The third kappa shape index (κ3) is 3.08. The van der Waals surface area contributed by atoms with Crippen LogP contribution in [0.4, 0.5) is 11.8 Å². The SMILES string of the molecule is Nc1ncnc2c1nc(NCc1ccccc1)n2[C@@H]1O[C@H](CO)[C@@H](O)[C@H]1O. The second-order valence-electron chi connectivity index (χ2n) is 6.30. The van der Waals surface area contributed by atoms with Crippen molar-refractivity contribution in [2.75, 3.05) is 17.7 Å². The molecule has 142 valence electrons. The maximum atomic E-state index is 10.4. The van der Waals surface area contributed by atoms with Crippen LogP contribution >= 0.6 is 0 Å². The van der Waals surface area contributed by atoms with Gasteiger partial charge in [0.25, 0.3) is 0 Å². The third-order valence-electron chi connectivity index (χ3n) is 4.57. The van der Waals surface area contributed by atoms with Crippen molar-refractivity contribution in [3.63, 3.8) is 0 Å². The number of aliphatic hydroxyl groups excluding tert-OH is 3. The van der Waals surface area contributed by atoms with Crippen LogP contribution in [-0.4, -0.2) is 59.8 Å². The fourth-order valence-corrected chi connectivity index (χ4v) is 3.16. The normalized spacial score (nSPS) is 25.1. The molecule has 1 aliphatic rings. The smallest absolute Gasteiger partial charge is 0.207 e. The maximum absolute atomic E-state index is 10.4. The van der Waals surface area contributed by atoms with Crippen LogP contribution in [0.3, 0.4) is 0 Å². The molecule has 0 spiro atoms. The Morgan fingerprint density at radius 1 is 1.15 bits per heavy atom. The molecule has 0 amide bonds. The number of aromatic nitrogens is 4. The minimum absolute atomic E-state index is 0.188. The third-order valence-corrected chi connectivity index (χ3v) is 4.57. The van der Waals surface area contributed by atoms with Crippen LogP contribution in [0.15, 0.2) is 36.7 Å². The number of nitrogen functional groups attached to an aromatic ring is 1. The van der Waals surface area contributed by atoms with E-state index in [1.54, 1.807) is 0 Å². The number of aliphatic hydroxyl groups is 3. The number of anilines is 2. The molecular weight excluding hydrogens is 352 g/mol. The van der Waals surface area contributed by atoms with Crippen LogP contribution in [0.5, 0.6) is 0 Å². The second-order valence-corrected chi connectivity index (χ2v) is 6.30. The van der Waals surface area contributed by atoms with E-state index in [1.807, 2.05) is 30.3 Å². The lowest BCUT2D eigenvalue weighted by molar-refractivity contribution is -0.0501. The number of rotatable bonds is 5. The van der Waals surface area contributed by atoms with Gasteiger partial charge in [0.2, 0.25) is 5.95 Å². The van der Waals surface area contributed by atoms with Crippen LogP contribution in [0.2, 0.25) is 0 Å². The predicted molar refractivity (Wildman–Crippen MR) is 96.5 cm³/mol. The lowest BCUT2D eigenvalue weighted by Crippen LogP contribution is -2.33. The first-order valence-electron chi connectivity index (χ1n) is 8.48. The van der Waals surface area contributed by atoms with Gasteiger partial charge in [-0.1, -0.05) is 30.3 Å². The van der Waals surface area contributed by atoms with Crippen molar-refractivity contribution in [1.29, 1.82) is 0 Å². The van der Waals surface area contributed by atoms with Gasteiger partial charge in [0.1, 0.15) is 24.6 Å². The zero-order valence-corrected chi connectivity index (χ0v) is 14.3. The quantitative estimate of drug-likeness (QED) is 0.404. The van der Waals surface area contributed by atoms with Gasteiger partial charge in [-0.15, -0.1) is 0 Å². The Hall–Kier alpha value is -2.79. The van der Waals surface area contributed by atoms with Gasteiger partial charge in [-0.25, -0.2) is 15.0 Å². The summed E-state index contributed by atoms with van der Waals surface area (Å²) >= 11 is 0. The Morgan fingerprint density at radius 3 is 2.63 bits per heavy atom. The van der Waals surface area contributed by atoms with Crippen molar-refractivity contribution in [3.8, 4) is 0 Å². The molecule has 0 unspecified atom stereocenters. The zero-order chi connectivity index (χ0) is 19.0. The average molecular weight is 372 g/mol. The largest absolute Gasteiger partial charge is 0.394 e. The molecule has 10 heteroatoms. The number of benzene rings is 1. The van der Waals surface area contributed by atoms with Gasteiger partial charge >= 0.3 is 0 Å². The van der Waals surface area contributed by atoms with E-state index in [1.165, 1.54) is 10.9 Å². The van der Waals surface area contributed by atoms with Crippen molar-refractivity contribution in [2.45, 2.75) is 31.1 Å². The van der Waals surface area contributed by atoms with E-state index in [4.69, 9.17) is 10.5 Å². The summed E-state index contributed by atoms with van der Waals surface area (Å²) in [5.41, 5.74) is 7.64. The summed E-state index contributed by atoms with van der Waals surface area (Å²) < 4.78 is 7.18. The van der Waals surface area contributed by atoms with Gasteiger partial charge in [-0.05, 0) is 5.56 Å². The minimum atomic E-state index is -1.27. The lowest BCUT2D eigenvalue weighted by atomic mass is 10.1. The summed E-state index contributed by atoms with van der Waals surface area (Å²) in [6.45, 7) is 0.0392. The number of hydrogen-bond acceptors (Lipinski definition) is 9. The van der Waals surface area contributed by atoms with Crippen molar-refractivity contribution < 1.29 is 20.1 Å². The molecule has 1 saturated heterocycles. The van der Waals surface area contributed by atoms with E-state index in [-0.39, 0.29) is 5.82 Å². The monoisotopic (exact) mass is 372 g/mol. The molecule has 0 saturated carbocycles. The maximum Gasteiger partial charge on any atom is 0.207 e. The molecule has 4 rings (SSSR count). The van der Waals surface area contributed by atoms with Gasteiger partial charge in [-0.3, -0.25) is 4.57 Å². The van der Waals surface area contributed by atoms with Gasteiger partial charge in [0.15, 0.2) is 23.2 Å². The summed E-state index contributed by atoms with van der Waals surface area (Å²) in [6, 6.07) is 9.69. The molecule has 1 fully saturated rings. The molecule has 1 aliphatic heterocycles. The number of imidazole rings is 1. The summed E-state index contributed by atoms with van der Waals surface area (Å²) in [5, 5.41) is 33.1. The number of nitrogens with two attached hydrogens (primary N) is 1. The molecule has 0 radical (unpaired) electrons. The first-order valence-corrected chi connectivity index (χ1v) is 8.48. The number of hydrogen-bond donors (Lipinski definition) is 5. The molecule has 0 aliphatic carbocycles. The van der Waals surface area contributed by atoms with E-state index in [0.717, 1.165) is 5.56 Å². The molecule has 1 aromatic carbocycles. The van der Waals surface area contributed by atoms with Gasteiger partial charge in [0, 0.05) is 6.54 Å². The standard InChI is InChI=1S/C17H20N6O4/c18-14-11-15(21-8-20-14)23(16-13(26)12(25)10(7-24)27-16)17(22-11)19-6-9-4-2-1-3-5-9/h1-5,8,10,12-13,16,24-26H,6-7H2,(H,19,22)(H2,18,20,21)/t10-,12-,13-,16-/m1/s1. The van der Waals surface area contributed by atoms with Crippen molar-refractivity contribution >= 4 is 22.9 Å². The highest BCUT2D eigenvalue weighted by Gasteiger charge is 2.45. The molecular formula is C17H20N6O4. The van der Waals surface area contributed by atoms with E-state index < -0.39 is 31.1 Å². The average Bonchev–Trinajstić information content (AvgIpc) is 3.19. The van der Waals surface area contributed by atoms with Crippen LogP contribution in [0.25, 0.3) is 11.2 Å². The summed E-state index contributed by atoms with van der Waals surface area (Å²) in [4.78, 5) is 12.6. The van der Waals surface area contributed by atoms with Crippen LogP contribution in [0, 0.1) is 0 Å². The fraction of sp³-hybridized carbons (Fsp3) is 0.353. The Morgan fingerprint density at radius 2 is 1.93 bits per heavy atom. The Labute approximate surface area is 154 Å². The summed E-state index contributed by atoms with van der Waals surface area (Å²) in [6.07, 6.45) is -3.12. The van der Waals surface area contributed by atoms with E-state index >= 15 is 0 Å². The number of nitrogens with one attached hydrogen (secondary N) is 1. The van der Waals surface area contributed by atoms with Gasteiger partial charge < -0.3 is 31.1 Å². The molecule has 3 heterocycles. The topological polar surface area (TPSA) is 152 Å². The zero-order valence-electron chi connectivity index (χ0n) is 14.3. The Kier molecular flexibility index (Phi) is 4.62. The summed E-state index contributed by atoms with van der Waals surface area (Å²) in [7, 11) is 0. The molecule has 0 bridgehead atoms. The van der Waals surface area contributed by atoms with E-state index in [2.05, 4.69) is 20.3 Å². The Bertz CT molecular complexity index is 934.